The molecule has 0 heterocycles. The van der Waals surface area contributed by atoms with Crippen molar-refractivity contribution in [3.63, 3.8) is 0 Å². The third-order valence-electron chi connectivity index (χ3n) is 2.74. The average Bonchev–Trinajstić information content (AvgIpc) is 2.52. The Kier molecular flexibility index (Phi) is 8.58. The molecule has 0 spiro atoms. The van der Waals surface area contributed by atoms with Crippen molar-refractivity contribution in [1.29, 1.82) is 0 Å². The van der Waals surface area contributed by atoms with Crippen LogP contribution in [0.3, 0.4) is 0 Å². The first-order valence-electron chi connectivity index (χ1n) is 5.90. The number of carbonyl (C=O) groups excluding carboxylic acids is 1. The molecule has 0 aromatic rings. The van der Waals surface area contributed by atoms with Crippen molar-refractivity contribution < 1.29 is 93.3 Å². The minimum atomic E-state index is -8.72. The van der Waals surface area contributed by atoms with Crippen LogP contribution in [0.2, 0.25) is 0 Å². The first-order valence-corrected chi connectivity index (χ1v) is 6.28. The molecule has 0 aliphatic rings. The van der Waals surface area contributed by atoms with Gasteiger partial charge in [-0.1, -0.05) is 0 Å². The molecule has 0 aromatic carbocycles. The highest BCUT2D eigenvalue weighted by atomic mass is 35.5. The molecule has 0 bridgehead atoms. The Bertz CT molecular complexity index is 583. The quantitative estimate of drug-likeness (QED) is 0.275. The molecule has 2 nitrogen and oxygen atoms in total. The highest BCUT2D eigenvalue weighted by Gasteiger charge is 2.95. The van der Waals surface area contributed by atoms with Crippen molar-refractivity contribution in [2.24, 2.45) is 0 Å². The van der Waals surface area contributed by atoms with Crippen molar-refractivity contribution in [1.82, 2.24) is 0 Å². The molecule has 0 saturated heterocycles. The molecule has 0 saturated carbocycles. The maximum Gasteiger partial charge on any atom is 0.460 e. The minimum absolute atomic E-state index is 1.44. The molecule has 0 aromatic heterocycles. The van der Waals surface area contributed by atoms with Gasteiger partial charge in [0.1, 0.15) is 0 Å². The van der Waals surface area contributed by atoms with Crippen LogP contribution in [0, 0.1) is 0 Å². The number of hydrogen-bond donors (Lipinski definition) is 0. The van der Waals surface area contributed by atoms with Gasteiger partial charge in [0.25, 0.3) is 0 Å². The van der Waals surface area contributed by atoms with Crippen molar-refractivity contribution >= 4 is 17.0 Å². The number of halogens is 20. The lowest BCUT2D eigenvalue weighted by Crippen LogP contribution is -2.74. The van der Waals surface area contributed by atoms with E-state index in [2.05, 4.69) is 16.5 Å². The molecule has 0 aliphatic heterocycles. The smallest absolute Gasteiger partial charge is 0.236 e. The van der Waals surface area contributed by atoms with Crippen LogP contribution in [-0.2, 0) is 4.94 Å². The van der Waals surface area contributed by atoms with Gasteiger partial charge < -0.3 is 0 Å². The zero-order valence-electron chi connectivity index (χ0n) is 12.9. The molecule has 188 valence electrons. The Balaban J connectivity index is 0. The summed E-state index contributed by atoms with van der Waals surface area (Å²) in [6.45, 7) is 0. The van der Waals surface area contributed by atoms with E-state index in [9.17, 15) is 83.6 Å². The fraction of sp³-hybridized carbons (Fsp3) is 0.889. The lowest BCUT2D eigenvalue weighted by atomic mass is 9.91. The topological polar surface area (TPSA) is 26.3 Å². The third-order valence-corrected chi connectivity index (χ3v) is 2.80. The van der Waals surface area contributed by atoms with E-state index < -0.39 is 53.3 Å². The van der Waals surface area contributed by atoms with Crippen molar-refractivity contribution in [2.45, 2.75) is 47.9 Å². The number of rotatable bonds is 5. The highest BCUT2D eigenvalue weighted by Crippen LogP contribution is 2.63. The van der Waals surface area contributed by atoms with E-state index in [1.807, 2.05) is 0 Å². The van der Waals surface area contributed by atoms with Crippen molar-refractivity contribution in [3.05, 3.63) is 0 Å². The zero-order chi connectivity index (χ0) is 26.3. The fourth-order valence-corrected chi connectivity index (χ4v) is 1.14. The molecule has 0 radical (unpaired) electrons. The molecule has 0 N–H and O–H groups in total. The summed E-state index contributed by atoms with van der Waals surface area (Å²) in [4.78, 5) is 11.4. The highest BCUT2D eigenvalue weighted by molar-refractivity contribution is 6.61. The van der Waals surface area contributed by atoms with Crippen molar-refractivity contribution in [2.75, 3.05) is 0 Å². The van der Waals surface area contributed by atoms with Gasteiger partial charge in [-0.05, 0) is 0 Å². The number of alkyl halides is 18. The molecular formula is C9ClF19O2. The first-order chi connectivity index (χ1) is 13.0. The van der Waals surface area contributed by atoms with E-state index in [1.54, 1.807) is 0 Å². The Morgan fingerprint density at radius 3 is 0.677 bits per heavy atom. The molecule has 0 aliphatic carbocycles. The van der Waals surface area contributed by atoms with Crippen LogP contribution in [0.4, 0.5) is 88.3 Å². The van der Waals surface area contributed by atoms with Gasteiger partial charge in [0.05, 0.1) is 0 Å². The summed E-state index contributed by atoms with van der Waals surface area (Å²) in [5.41, 5.74) is -1.44. The third kappa shape index (κ3) is 4.94. The molecule has 31 heavy (non-hydrogen) atoms. The normalized spacial score (nSPS) is 15.2. The molecule has 22 heteroatoms. The van der Waals surface area contributed by atoms with Gasteiger partial charge >= 0.3 is 53.3 Å². The molecular weight excluding hydrogens is 537 g/mol. The summed E-state index contributed by atoms with van der Waals surface area (Å²) < 4.78 is 231. The zero-order valence-corrected chi connectivity index (χ0v) is 13.6. The van der Waals surface area contributed by atoms with E-state index >= 15 is 0 Å². The molecule has 0 rings (SSSR count). The Hall–Kier alpha value is -1.57. The summed E-state index contributed by atoms with van der Waals surface area (Å²) in [5, 5.41) is 0. The van der Waals surface area contributed by atoms with Crippen LogP contribution in [-0.4, -0.2) is 53.3 Å². The molecule has 0 atom stereocenters. The van der Waals surface area contributed by atoms with E-state index in [1.165, 1.54) is 0 Å². The Labute approximate surface area is 159 Å². The van der Waals surface area contributed by atoms with Gasteiger partial charge in [0.2, 0.25) is 0 Å². The maximum atomic E-state index is 12.8. The van der Waals surface area contributed by atoms with Crippen LogP contribution in [0.5, 0.6) is 0 Å². The van der Waals surface area contributed by atoms with Crippen LogP contribution < -0.4 is 0 Å². The molecule has 0 amide bonds. The van der Waals surface area contributed by atoms with E-state index in [4.69, 9.17) is 4.79 Å². The van der Waals surface area contributed by atoms with Crippen molar-refractivity contribution in [3.8, 4) is 0 Å². The van der Waals surface area contributed by atoms with Crippen LogP contribution in [0.15, 0.2) is 0 Å². The second-order valence-electron chi connectivity index (χ2n) is 4.76. The van der Waals surface area contributed by atoms with E-state index in [0.717, 1.165) is 0 Å². The fourth-order valence-electron chi connectivity index (χ4n) is 1.14. The SMILES string of the molecule is FC(F)(F)C(F)(F)C(F)(F)C(F)(F)C(F)(F)C(F)(F)C(F)(F)C(F)(F)F.O=C(Cl)OF. The lowest BCUT2D eigenvalue weighted by Gasteiger charge is -2.41. The first kappa shape index (κ1) is 31.6. The second-order valence-corrected chi connectivity index (χ2v) is 5.07. The number of carbonyl (C=O) groups is 1. The van der Waals surface area contributed by atoms with Crippen LogP contribution in [0.1, 0.15) is 0 Å². The van der Waals surface area contributed by atoms with Crippen LogP contribution in [0.25, 0.3) is 0 Å². The van der Waals surface area contributed by atoms with Crippen LogP contribution >= 0.6 is 11.6 Å². The number of hydrogen-bond acceptors (Lipinski definition) is 2. The van der Waals surface area contributed by atoms with E-state index in [0.29, 0.717) is 0 Å². The second kappa shape index (κ2) is 8.41. The summed E-state index contributed by atoms with van der Waals surface area (Å²) in [5.74, 6) is -51.0. The summed E-state index contributed by atoms with van der Waals surface area (Å²) >= 11 is 4.23. The predicted octanol–water partition coefficient (Wildman–Crippen LogP) is 7.17. The largest absolute Gasteiger partial charge is 0.460 e. The Morgan fingerprint density at radius 2 is 0.581 bits per heavy atom. The average molecular weight is 537 g/mol. The van der Waals surface area contributed by atoms with Gasteiger partial charge in [-0.25, -0.2) is 9.74 Å². The lowest BCUT2D eigenvalue weighted by molar-refractivity contribution is -0.468. The van der Waals surface area contributed by atoms with Gasteiger partial charge in [-0.2, -0.15) is 79.0 Å². The van der Waals surface area contributed by atoms with Gasteiger partial charge in [0, 0.05) is 16.1 Å². The van der Waals surface area contributed by atoms with E-state index in [-0.39, 0.29) is 0 Å². The van der Waals surface area contributed by atoms with Gasteiger partial charge in [0.15, 0.2) is 0 Å². The van der Waals surface area contributed by atoms with Gasteiger partial charge in [-0.3, -0.25) is 0 Å². The summed E-state index contributed by atoms with van der Waals surface area (Å²) in [7, 11) is 0. The molecule has 0 fully saturated rings. The summed E-state index contributed by atoms with van der Waals surface area (Å²) in [6.07, 6.45) is -15.6. The summed E-state index contributed by atoms with van der Waals surface area (Å²) in [6, 6.07) is 0. The monoisotopic (exact) mass is 536 g/mol. The van der Waals surface area contributed by atoms with Gasteiger partial charge in [-0.15, -0.1) is 0 Å². The molecule has 0 unspecified atom stereocenters. The maximum absolute atomic E-state index is 12.8. The Morgan fingerprint density at radius 1 is 0.452 bits per heavy atom. The predicted molar refractivity (Wildman–Crippen MR) is 55.2 cm³/mol. The standard InChI is InChI=1S/C8F18.CClFO2/c9-1(10,3(13,14)5(17,18)7(21,22)23)2(11,12)4(15,16)6(19,20)8(24,25)26;2-1(4)5-3. The minimum Gasteiger partial charge on any atom is -0.236 e.